The molecule has 110 valence electrons. The quantitative estimate of drug-likeness (QED) is 0.746. The van der Waals surface area contributed by atoms with Gasteiger partial charge in [-0.25, -0.2) is 0 Å². The molecule has 2 aromatic carbocycles. The van der Waals surface area contributed by atoms with Crippen LogP contribution in [0.4, 0.5) is 0 Å². The van der Waals surface area contributed by atoms with E-state index in [9.17, 15) is 0 Å². The van der Waals surface area contributed by atoms with Crippen LogP contribution in [-0.2, 0) is 16.5 Å². The summed E-state index contributed by atoms with van der Waals surface area (Å²) in [6.45, 7) is 1.67. The minimum atomic E-state index is 0.546. The Morgan fingerprint density at radius 3 is 2.33 bits per heavy atom. The average Bonchev–Trinajstić information content (AvgIpc) is 2.97. The van der Waals surface area contributed by atoms with Gasteiger partial charge in [-0.1, -0.05) is 0 Å². The van der Waals surface area contributed by atoms with Gasteiger partial charge in [0.05, 0.1) is 0 Å². The topological polar surface area (TPSA) is 12.5 Å². The van der Waals surface area contributed by atoms with E-state index in [0.29, 0.717) is 21.0 Å². The van der Waals surface area contributed by atoms with Crippen molar-refractivity contribution >= 4 is 15.0 Å². The molecule has 1 atom stereocenters. The molecular formula is C18H21NOSe. The Hall–Kier alpha value is -1.12. The maximum atomic E-state index is 5.68. The van der Waals surface area contributed by atoms with E-state index in [1.54, 1.807) is 0 Å². The van der Waals surface area contributed by atoms with Gasteiger partial charge in [-0.3, -0.25) is 0 Å². The molecule has 1 aliphatic heterocycles. The predicted octanol–water partition coefficient (Wildman–Crippen LogP) is 2.75. The van der Waals surface area contributed by atoms with E-state index in [-0.39, 0.29) is 0 Å². The molecule has 1 aliphatic rings. The van der Waals surface area contributed by atoms with E-state index in [2.05, 4.69) is 65.6 Å². The first-order valence-electron chi connectivity index (χ1n) is 7.39. The number of rotatable bonds is 6. The molecular weight excluding hydrogens is 325 g/mol. The minimum absolute atomic E-state index is 0.546. The molecule has 1 fully saturated rings. The SMILES string of the molecule is c1ccc(C[Se]CN2COC[C@@H]2Cc2ccccc2)cc1. The van der Waals surface area contributed by atoms with E-state index < -0.39 is 0 Å². The molecule has 0 saturated carbocycles. The summed E-state index contributed by atoms with van der Waals surface area (Å²) in [7, 11) is 0. The standard InChI is InChI=1S/C18H21NOSe/c1-3-7-16(8-4-1)11-18-12-20-14-19(18)15-21-13-17-9-5-2-6-10-17/h1-10,18H,11-15H2/t18-/m0/s1. The molecule has 0 aliphatic carbocycles. The van der Waals surface area contributed by atoms with Crippen molar-refractivity contribution in [3.8, 4) is 0 Å². The zero-order valence-electron chi connectivity index (χ0n) is 12.2. The van der Waals surface area contributed by atoms with E-state index in [0.717, 1.165) is 19.8 Å². The van der Waals surface area contributed by atoms with Crippen LogP contribution in [0.15, 0.2) is 60.7 Å². The van der Waals surface area contributed by atoms with Crippen molar-refractivity contribution in [2.45, 2.75) is 17.8 Å². The van der Waals surface area contributed by atoms with Gasteiger partial charge in [0.2, 0.25) is 0 Å². The molecule has 1 saturated heterocycles. The van der Waals surface area contributed by atoms with Crippen LogP contribution in [0.2, 0.25) is 0 Å². The fourth-order valence-corrected chi connectivity index (χ4v) is 4.77. The van der Waals surface area contributed by atoms with Gasteiger partial charge in [-0.15, -0.1) is 0 Å². The number of ether oxygens (including phenoxy) is 1. The van der Waals surface area contributed by atoms with Gasteiger partial charge in [0.15, 0.2) is 0 Å². The van der Waals surface area contributed by atoms with Crippen LogP contribution in [0.25, 0.3) is 0 Å². The van der Waals surface area contributed by atoms with Crippen LogP contribution in [0, 0.1) is 0 Å². The third-order valence-electron chi connectivity index (χ3n) is 3.77. The Labute approximate surface area is 133 Å². The van der Waals surface area contributed by atoms with Crippen molar-refractivity contribution in [2.24, 2.45) is 0 Å². The summed E-state index contributed by atoms with van der Waals surface area (Å²) in [5.41, 5.74) is 4.05. The summed E-state index contributed by atoms with van der Waals surface area (Å²) in [5, 5.41) is 1.21. The van der Waals surface area contributed by atoms with Gasteiger partial charge in [-0.05, 0) is 0 Å². The molecule has 21 heavy (non-hydrogen) atoms. The molecule has 2 nitrogen and oxygen atoms in total. The molecule has 1 heterocycles. The van der Waals surface area contributed by atoms with Crippen molar-refractivity contribution in [1.82, 2.24) is 4.90 Å². The summed E-state index contributed by atoms with van der Waals surface area (Å²) >= 11 is 0.615. The monoisotopic (exact) mass is 347 g/mol. The number of benzene rings is 2. The van der Waals surface area contributed by atoms with Crippen LogP contribution >= 0.6 is 0 Å². The van der Waals surface area contributed by atoms with Crippen LogP contribution < -0.4 is 0 Å². The zero-order valence-corrected chi connectivity index (χ0v) is 13.9. The fourth-order valence-electron chi connectivity index (χ4n) is 2.59. The third kappa shape index (κ3) is 4.42. The molecule has 0 unspecified atom stereocenters. The Morgan fingerprint density at radius 1 is 0.952 bits per heavy atom. The molecule has 0 bridgehead atoms. The Kier molecular flexibility index (Phi) is 5.47. The Morgan fingerprint density at radius 2 is 1.62 bits per heavy atom. The van der Waals surface area contributed by atoms with Crippen LogP contribution in [0.1, 0.15) is 11.1 Å². The molecule has 0 aromatic heterocycles. The summed E-state index contributed by atoms with van der Waals surface area (Å²) in [6.07, 6.45) is 1.10. The number of hydrogen-bond acceptors (Lipinski definition) is 2. The van der Waals surface area contributed by atoms with Gasteiger partial charge < -0.3 is 0 Å². The van der Waals surface area contributed by atoms with E-state index in [4.69, 9.17) is 4.74 Å². The zero-order chi connectivity index (χ0) is 14.3. The van der Waals surface area contributed by atoms with Crippen LogP contribution in [0.5, 0.6) is 0 Å². The van der Waals surface area contributed by atoms with Gasteiger partial charge in [0.1, 0.15) is 0 Å². The second kappa shape index (κ2) is 7.76. The van der Waals surface area contributed by atoms with Crippen molar-refractivity contribution in [2.75, 3.05) is 18.8 Å². The second-order valence-electron chi connectivity index (χ2n) is 5.40. The summed E-state index contributed by atoms with van der Waals surface area (Å²) in [4.78, 5) is 2.51. The first-order chi connectivity index (χ1) is 10.4. The Bertz CT molecular complexity index is 531. The summed E-state index contributed by atoms with van der Waals surface area (Å²) in [6, 6.07) is 22.1. The van der Waals surface area contributed by atoms with E-state index >= 15 is 0 Å². The van der Waals surface area contributed by atoms with Crippen molar-refractivity contribution in [3.63, 3.8) is 0 Å². The van der Waals surface area contributed by atoms with Crippen LogP contribution in [-0.4, -0.2) is 44.7 Å². The molecule has 3 rings (SSSR count). The fraction of sp³-hybridized carbons (Fsp3) is 0.333. The predicted molar refractivity (Wildman–Crippen MR) is 87.4 cm³/mol. The summed E-state index contributed by atoms with van der Waals surface area (Å²) < 4.78 is 5.68. The Balaban J connectivity index is 1.48. The van der Waals surface area contributed by atoms with E-state index in [1.165, 1.54) is 21.9 Å². The molecule has 2 aromatic rings. The maximum absolute atomic E-state index is 5.68. The summed E-state index contributed by atoms with van der Waals surface area (Å²) in [5.74, 6) is 0. The van der Waals surface area contributed by atoms with Crippen molar-refractivity contribution < 1.29 is 4.74 Å². The number of hydrogen-bond donors (Lipinski definition) is 0. The third-order valence-corrected chi connectivity index (χ3v) is 5.97. The first kappa shape index (κ1) is 14.8. The molecule has 0 radical (unpaired) electrons. The van der Waals surface area contributed by atoms with Gasteiger partial charge in [-0.2, -0.15) is 0 Å². The molecule has 0 amide bonds. The van der Waals surface area contributed by atoms with Crippen LogP contribution in [0.3, 0.4) is 0 Å². The molecule has 0 N–H and O–H groups in total. The first-order valence-corrected chi connectivity index (χ1v) is 9.81. The van der Waals surface area contributed by atoms with Gasteiger partial charge >= 0.3 is 133 Å². The average molecular weight is 346 g/mol. The number of nitrogens with zero attached hydrogens (tertiary/aromatic N) is 1. The van der Waals surface area contributed by atoms with Gasteiger partial charge in [0.25, 0.3) is 0 Å². The van der Waals surface area contributed by atoms with E-state index in [1.807, 2.05) is 0 Å². The molecule has 0 spiro atoms. The van der Waals surface area contributed by atoms with Crippen molar-refractivity contribution in [1.29, 1.82) is 0 Å². The van der Waals surface area contributed by atoms with Crippen molar-refractivity contribution in [3.05, 3.63) is 71.8 Å². The normalized spacial score (nSPS) is 19.0. The van der Waals surface area contributed by atoms with Gasteiger partial charge in [0, 0.05) is 0 Å². The second-order valence-corrected chi connectivity index (χ2v) is 7.40. The molecule has 3 heteroatoms.